The first kappa shape index (κ1) is 9.38. The summed E-state index contributed by atoms with van der Waals surface area (Å²) in [6.07, 6.45) is 3.75. The summed E-state index contributed by atoms with van der Waals surface area (Å²) >= 11 is 0. The number of piperidine rings is 1. The highest BCUT2D eigenvalue weighted by molar-refractivity contribution is 4.88. The molecule has 76 valence electrons. The molecule has 1 unspecified atom stereocenters. The van der Waals surface area contributed by atoms with Crippen LogP contribution in [0.1, 0.15) is 32.1 Å². The largest absolute Gasteiger partial charge is 0.316 e. The van der Waals surface area contributed by atoms with Crippen LogP contribution in [0.5, 0.6) is 0 Å². The lowest BCUT2D eigenvalue weighted by atomic mass is 9.75. The predicted molar refractivity (Wildman–Crippen MR) is 47.9 cm³/mol. The van der Waals surface area contributed by atoms with Crippen LogP contribution >= 0.6 is 0 Å². The van der Waals surface area contributed by atoms with Crippen molar-refractivity contribution in [3.05, 3.63) is 0 Å². The maximum absolute atomic E-state index is 12.5. The minimum Gasteiger partial charge on any atom is -0.316 e. The van der Waals surface area contributed by atoms with E-state index in [0.29, 0.717) is 11.8 Å². The van der Waals surface area contributed by atoms with Gasteiger partial charge < -0.3 is 5.32 Å². The number of rotatable bonds is 2. The van der Waals surface area contributed by atoms with Crippen LogP contribution < -0.4 is 5.32 Å². The number of hydrogen-bond acceptors (Lipinski definition) is 1. The molecule has 2 fully saturated rings. The molecule has 3 heteroatoms. The monoisotopic (exact) mass is 189 g/mol. The maximum Gasteiger partial charge on any atom is 0.248 e. The molecule has 1 saturated carbocycles. The minimum atomic E-state index is -2.33. The summed E-state index contributed by atoms with van der Waals surface area (Å²) in [5.41, 5.74) is 0. The molecule has 1 atom stereocenters. The number of nitrogens with one attached hydrogen (secondary N) is 1. The van der Waals surface area contributed by atoms with Crippen molar-refractivity contribution in [3.63, 3.8) is 0 Å². The van der Waals surface area contributed by atoms with E-state index in [1.54, 1.807) is 0 Å². The zero-order valence-corrected chi connectivity index (χ0v) is 7.86. The van der Waals surface area contributed by atoms with Crippen molar-refractivity contribution in [2.24, 2.45) is 11.8 Å². The van der Waals surface area contributed by atoms with Gasteiger partial charge in [-0.1, -0.05) is 0 Å². The lowest BCUT2D eigenvalue weighted by Crippen LogP contribution is -2.39. The first-order chi connectivity index (χ1) is 6.16. The van der Waals surface area contributed by atoms with Crippen molar-refractivity contribution < 1.29 is 8.78 Å². The number of hydrogen-bond donors (Lipinski definition) is 1. The fourth-order valence-corrected chi connectivity index (χ4v) is 2.55. The molecular weight excluding hydrogens is 172 g/mol. The summed E-state index contributed by atoms with van der Waals surface area (Å²) in [4.78, 5) is 0. The van der Waals surface area contributed by atoms with Crippen molar-refractivity contribution in [2.75, 3.05) is 13.1 Å². The van der Waals surface area contributed by atoms with E-state index < -0.39 is 5.92 Å². The summed E-state index contributed by atoms with van der Waals surface area (Å²) in [5, 5.41) is 3.32. The molecule has 1 nitrogen and oxygen atoms in total. The van der Waals surface area contributed by atoms with Crippen LogP contribution in [0.15, 0.2) is 0 Å². The molecule has 0 aromatic rings. The second-order valence-corrected chi connectivity index (χ2v) is 4.58. The molecule has 1 saturated heterocycles. The Morgan fingerprint density at radius 2 is 2.00 bits per heavy atom. The van der Waals surface area contributed by atoms with Gasteiger partial charge in [-0.2, -0.15) is 0 Å². The molecule has 0 amide bonds. The zero-order chi connectivity index (χ0) is 9.31. The van der Waals surface area contributed by atoms with Gasteiger partial charge in [0.2, 0.25) is 5.92 Å². The second-order valence-electron chi connectivity index (χ2n) is 4.58. The Hall–Kier alpha value is -0.180. The second kappa shape index (κ2) is 3.52. The summed E-state index contributed by atoms with van der Waals surface area (Å²) in [7, 11) is 0. The van der Waals surface area contributed by atoms with Gasteiger partial charge in [0.05, 0.1) is 0 Å². The molecule has 0 spiro atoms. The van der Waals surface area contributed by atoms with Crippen LogP contribution in [0.3, 0.4) is 0 Å². The van der Waals surface area contributed by atoms with Crippen LogP contribution in [0.2, 0.25) is 0 Å². The Labute approximate surface area is 77.9 Å². The molecule has 0 aromatic heterocycles. The highest BCUT2D eigenvalue weighted by Gasteiger charge is 2.45. The van der Waals surface area contributed by atoms with Gasteiger partial charge in [0.15, 0.2) is 0 Å². The van der Waals surface area contributed by atoms with Crippen molar-refractivity contribution >= 4 is 0 Å². The molecule has 2 aliphatic rings. The predicted octanol–water partition coefficient (Wildman–Crippen LogP) is 2.42. The van der Waals surface area contributed by atoms with Gasteiger partial charge in [0.25, 0.3) is 0 Å². The number of alkyl halides is 2. The van der Waals surface area contributed by atoms with E-state index in [2.05, 4.69) is 5.32 Å². The van der Waals surface area contributed by atoms with E-state index in [9.17, 15) is 8.78 Å². The maximum atomic E-state index is 12.5. The van der Waals surface area contributed by atoms with Crippen molar-refractivity contribution in [1.29, 1.82) is 0 Å². The van der Waals surface area contributed by atoms with Crippen LogP contribution in [0.4, 0.5) is 8.78 Å². The molecule has 1 aliphatic heterocycles. The Balaban J connectivity index is 1.68. The van der Waals surface area contributed by atoms with Gasteiger partial charge in [0.1, 0.15) is 0 Å². The van der Waals surface area contributed by atoms with E-state index in [1.165, 1.54) is 12.8 Å². The molecule has 1 N–H and O–H groups in total. The van der Waals surface area contributed by atoms with Gasteiger partial charge in [0, 0.05) is 12.8 Å². The lowest BCUT2D eigenvalue weighted by molar-refractivity contribution is -0.115. The van der Waals surface area contributed by atoms with Crippen LogP contribution in [-0.2, 0) is 0 Å². The standard InChI is InChI=1S/C10H17F2N/c11-10(12)5-9(6-10)4-8-2-1-3-13-7-8/h8-9,13H,1-7H2. The van der Waals surface area contributed by atoms with E-state index >= 15 is 0 Å². The molecular formula is C10H17F2N. The molecule has 1 aliphatic carbocycles. The quantitative estimate of drug-likeness (QED) is 0.703. The van der Waals surface area contributed by atoms with Gasteiger partial charge in [-0.05, 0) is 44.2 Å². The molecule has 0 radical (unpaired) electrons. The first-order valence-electron chi connectivity index (χ1n) is 5.24. The van der Waals surface area contributed by atoms with Crippen molar-refractivity contribution in [3.8, 4) is 0 Å². The van der Waals surface area contributed by atoms with E-state index in [1.807, 2.05) is 0 Å². The average Bonchev–Trinajstić information content (AvgIpc) is 2.03. The first-order valence-corrected chi connectivity index (χ1v) is 5.24. The summed E-state index contributed by atoms with van der Waals surface area (Å²) in [6.45, 7) is 2.15. The van der Waals surface area contributed by atoms with Crippen LogP contribution in [-0.4, -0.2) is 19.0 Å². The highest BCUT2D eigenvalue weighted by Crippen LogP contribution is 2.45. The van der Waals surface area contributed by atoms with Gasteiger partial charge in [-0.15, -0.1) is 0 Å². The third-order valence-corrected chi connectivity index (χ3v) is 3.24. The molecule has 0 aromatic carbocycles. The van der Waals surface area contributed by atoms with E-state index in [0.717, 1.165) is 19.5 Å². The minimum absolute atomic E-state index is 0.142. The number of halogens is 2. The Kier molecular flexibility index (Phi) is 2.54. The van der Waals surface area contributed by atoms with Crippen molar-refractivity contribution in [2.45, 2.75) is 38.0 Å². The summed E-state index contributed by atoms with van der Waals surface area (Å²) in [5.74, 6) is -1.36. The van der Waals surface area contributed by atoms with Crippen LogP contribution in [0, 0.1) is 11.8 Å². The Bertz CT molecular complexity index is 168. The third-order valence-electron chi connectivity index (χ3n) is 3.24. The van der Waals surface area contributed by atoms with Crippen molar-refractivity contribution in [1.82, 2.24) is 5.32 Å². The smallest absolute Gasteiger partial charge is 0.248 e. The third kappa shape index (κ3) is 2.39. The molecule has 1 heterocycles. The van der Waals surface area contributed by atoms with Gasteiger partial charge in [-0.3, -0.25) is 0 Å². The topological polar surface area (TPSA) is 12.0 Å². The molecule has 13 heavy (non-hydrogen) atoms. The van der Waals surface area contributed by atoms with Crippen LogP contribution in [0.25, 0.3) is 0 Å². The van der Waals surface area contributed by atoms with E-state index in [4.69, 9.17) is 0 Å². The normalized spacial score (nSPS) is 34.2. The zero-order valence-electron chi connectivity index (χ0n) is 7.86. The Morgan fingerprint density at radius 1 is 1.23 bits per heavy atom. The SMILES string of the molecule is FC1(F)CC(CC2CCCNC2)C1. The summed E-state index contributed by atoms with van der Waals surface area (Å²) < 4.78 is 25.1. The fraction of sp³-hybridized carbons (Fsp3) is 1.00. The Morgan fingerprint density at radius 3 is 2.54 bits per heavy atom. The summed E-state index contributed by atoms with van der Waals surface area (Å²) in [6, 6.07) is 0. The lowest BCUT2D eigenvalue weighted by Gasteiger charge is -2.37. The fourth-order valence-electron chi connectivity index (χ4n) is 2.55. The van der Waals surface area contributed by atoms with E-state index in [-0.39, 0.29) is 12.8 Å². The van der Waals surface area contributed by atoms with Gasteiger partial charge in [-0.25, -0.2) is 8.78 Å². The molecule has 0 bridgehead atoms. The van der Waals surface area contributed by atoms with Gasteiger partial charge >= 0.3 is 0 Å². The average molecular weight is 189 g/mol. The molecule has 2 rings (SSSR count). The highest BCUT2D eigenvalue weighted by atomic mass is 19.3.